The molecule has 0 aliphatic heterocycles. The van der Waals surface area contributed by atoms with E-state index in [-0.39, 0.29) is 11.3 Å². The third kappa shape index (κ3) is 4.24. The first-order valence-corrected chi connectivity index (χ1v) is 7.76. The van der Waals surface area contributed by atoms with E-state index in [1.54, 1.807) is 0 Å². The van der Waals surface area contributed by atoms with E-state index >= 15 is 0 Å². The van der Waals surface area contributed by atoms with Crippen LogP contribution in [0.4, 0.5) is 13.2 Å². The standard InChI is InChI=1S/C17H22F3NO/c1-16(10-3-2-4-11-16)15(22)21-12-9-13-5-7-14(8-6-13)17(18,19)20/h5-8H,2-4,9-12H2,1H3,(H,21,22). The number of halogens is 3. The second-order valence-electron chi connectivity index (χ2n) is 6.32. The lowest BCUT2D eigenvalue weighted by Crippen LogP contribution is -2.41. The van der Waals surface area contributed by atoms with Gasteiger partial charge >= 0.3 is 6.18 Å². The fraction of sp³-hybridized carbons (Fsp3) is 0.588. The van der Waals surface area contributed by atoms with Crippen molar-refractivity contribution in [2.45, 2.75) is 51.6 Å². The summed E-state index contributed by atoms with van der Waals surface area (Å²) in [6, 6.07) is 5.10. The summed E-state index contributed by atoms with van der Waals surface area (Å²) in [7, 11) is 0. The van der Waals surface area contributed by atoms with Crippen molar-refractivity contribution in [3.63, 3.8) is 0 Å². The van der Waals surface area contributed by atoms with Crippen LogP contribution < -0.4 is 5.32 Å². The van der Waals surface area contributed by atoms with E-state index in [1.165, 1.54) is 18.6 Å². The van der Waals surface area contributed by atoms with E-state index in [1.807, 2.05) is 6.92 Å². The summed E-state index contributed by atoms with van der Waals surface area (Å²) in [6.07, 6.45) is 1.43. The molecule has 0 saturated heterocycles. The maximum absolute atomic E-state index is 12.5. The second kappa shape index (κ2) is 6.71. The van der Waals surface area contributed by atoms with Crippen molar-refractivity contribution in [1.82, 2.24) is 5.32 Å². The molecule has 0 heterocycles. The highest BCUT2D eigenvalue weighted by molar-refractivity contribution is 5.82. The molecule has 1 aromatic rings. The fourth-order valence-electron chi connectivity index (χ4n) is 2.95. The number of amides is 1. The van der Waals surface area contributed by atoms with Crippen molar-refractivity contribution in [3.05, 3.63) is 35.4 Å². The Morgan fingerprint density at radius 2 is 1.73 bits per heavy atom. The predicted molar refractivity (Wildman–Crippen MR) is 79.3 cm³/mol. The van der Waals surface area contributed by atoms with Crippen LogP contribution in [0.15, 0.2) is 24.3 Å². The quantitative estimate of drug-likeness (QED) is 0.880. The van der Waals surface area contributed by atoms with Gasteiger partial charge in [-0.2, -0.15) is 13.2 Å². The van der Waals surface area contributed by atoms with Gasteiger partial charge in [-0.15, -0.1) is 0 Å². The van der Waals surface area contributed by atoms with Gasteiger partial charge in [-0.3, -0.25) is 4.79 Å². The molecule has 5 heteroatoms. The highest BCUT2D eigenvalue weighted by atomic mass is 19.4. The number of carbonyl (C=O) groups excluding carboxylic acids is 1. The van der Waals surface area contributed by atoms with E-state index in [2.05, 4.69) is 5.32 Å². The summed E-state index contributed by atoms with van der Waals surface area (Å²) in [5.74, 6) is 0.0686. The Morgan fingerprint density at radius 3 is 2.27 bits per heavy atom. The van der Waals surface area contributed by atoms with Crippen LogP contribution in [0.25, 0.3) is 0 Å². The predicted octanol–water partition coefficient (Wildman–Crippen LogP) is 4.33. The Hall–Kier alpha value is -1.52. The molecule has 1 aliphatic carbocycles. The van der Waals surface area contributed by atoms with Crippen molar-refractivity contribution in [2.24, 2.45) is 5.41 Å². The van der Waals surface area contributed by atoms with Gasteiger partial charge in [0.1, 0.15) is 0 Å². The van der Waals surface area contributed by atoms with E-state index < -0.39 is 11.7 Å². The molecule has 0 unspecified atom stereocenters. The lowest BCUT2D eigenvalue weighted by atomic mass is 9.75. The molecular weight excluding hydrogens is 291 g/mol. The molecule has 1 N–H and O–H groups in total. The fourth-order valence-corrected chi connectivity index (χ4v) is 2.95. The molecule has 0 atom stereocenters. The normalized spacial score (nSPS) is 18.0. The van der Waals surface area contributed by atoms with Gasteiger partial charge < -0.3 is 5.32 Å². The van der Waals surface area contributed by atoms with Crippen LogP contribution in [0, 0.1) is 5.41 Å². The monoisotopic (exact) mass is 313 g/mol. The Balaban J connectivity index is 1.82. The van der Waals surface area contributed by atoms with Gasteiger partial charge in [0.05, 0.1) is 5.56 Å². The maximum Gasteiger partial charge on any atom is 0.416 e. The van der Waals surface area contributed by atoms with Gasteiger partial charge in [-0.05, 0) is 37.0 Å². The topological polar surface area (TPSA) is 29.1 Å². The van der Waals surface area contributed by atoms with Gasteiger partial charge in [0.25, 0.3) is 0 Å². The van der Waals surface area contributed by atoms with Crippen molar-refractivity contribution >= 4 is 5.91 Å². The van der Waals surface area contributed by atoms with Gasteiger partial charge in [0, 0.05) is 12.0 Å². The first kappa shape index (κ1) is 16.8. The number of hydrogen-bond donors (Lipinski definition) is 1. The van der Waals surface area contributed by atoms with Crippen molar-refractivity contribution in [3.8, 4) is 0 Å². The zero-order valence-electron chi connectivity index (χ0n) is 12.8. The second-order valence-corrected chi connectivity index (χ2v) is 6.32. The van der Waals surface area contributed by atoms with E-state index in [9.17, 15) is 18.0 Å². The van der Waals surface area contributed by atoms with Crippen LogP contribution in [0.3, 0.4) is 0 Å². The van der Waals surface area contributed by atoms with Gasteiger partial charge in [-0.1, -0.05) is 38.3 Å². The minimum atomic E-state index is -4.30. The molecule has 0 radical (unpaired) electrons. The first-order chi connectivity index (χ1) is 10.3. The molecular formula is C17H22F3NO. The van der Waals surface area contributed by atoms with Gasteiger partial charge in [0.15, 0.2) is 0 Å². The molecule has 2 rings (SSSR count). The Bertz CT molecular complexity index is 502. The minimum Gasteiger partial charge on any atom is -0.355 e. The number of carbonyl (C=O) groups is 1. The van der Waals surface area contributed by atoms with Crippen LogP contribution in [0.1, 0.15) is 50.2 Å². The maximum atomic E-state index is 12.5. The van der Waals surface area contributed by atoms with Crippen LogP contribution in [-0.2, 0) is 17.4 Å². The number of rotatable bonds is 4. The third-order valence-electron chi connectivity index (χ3n) is 4.49. The number of nitrogens with one attached hydrogen (secondary N) is 1. The molecule has 0 aromatic heterocycles. The molecule has 2 nitrogen and oxygen atoms in total. The molecule has 22 heavy (non-hydrogen) atoms. The first-order valence-electron chi connectivity index (χ1n) is 7.76. The Morgan fingerprint density at radius 1 is 1.14 bits per heavy atom. The van der Waals surface area contributed by atoms with Crippen molar-refractivity contribution in [2.75, 3.05) is 6.54 Å². The molecule has 1 saturated carbocycles. The lowest BCUT2D eigenvalue weighted by molar-refractivity contribution is -0.137. The molecule has 1 aromatic carbocycles. The summed E-state index contributed by atoms with van der Waals surface area (Å²) in [5.41, 5.74) is -0.129. The Labute approximate surface area is 129 Å². The molecule has 0 bridgehead atoms. The van der Waals surface area contributed by atoms with Crippen LogP contribution in [0.2, 0.25) is 0 Å². The molecule has 0 spiro atoms. The number of benzene rings is 1. The average Bonchev–Trinajstić information content (AvgIpc) is 2.47. The van der Waals surface area contributed by atoms with Crippen LogP contribution in [0.5, 0.6) is 0 Å². The van der Waals surface area contributed by atoms with E-state index in [0.717, 1.165) is 43.4 Å². The lowest BCUT2D eigenvalue weighted by Gasteiger charge is -2.32. The molecule has 1 fully saturated rings. The van der Waals surface area contributed by atoms with E-state index in [0.29, 0.717) is 13.0 Å². The summed E-state index contributed by atoms with van der Waals surface area (Å²) in [4.78, 5) is 12.2. The summed E-state index contributed by atoms with van der Waals surface area (Å²) >= 11 is 0. The highest BCUT2D eigenvalue weighted by Crippen LogP contribution is 2.35. The minimum absolute atomic E-state index is 0.0686. The van der Waals surface area contributed by atoms with Gasteiger partial charge in [0.2, 0.25) is 5.91 Å². The number of hydrogen-bond acceptors (Lipinski definition) is 1. The summed E-state index contributed by atoms with van der Waals surface area (Å²) in [5, 5.41) is 2.93. The molecule has 1 amide bonds. The van der Waals surface area contributed by atoms with Crippen LogP contribution >= 0.6 is 0 Å². The highest BCUT2D eigenvalue weighted by Gasteiger charge is 2.34. The Kier molecular flexibility index (Phi) is 5.14. The van der Waals surface area contributed by atoms with E-state index in [4.69, 9.17) is 0 Å². The summed E-state index contributed by atoms with van der Waals surface area (Å²) < 4.78 is 37.4. The molecule has 1 aliphatic rings. The van der Waals surface area contributed by atoms with Crippen LogP contribution in [-0.4, -0.2) is 12.5 Å². The van der Waals surface area contributed by atoms with Crippen molar-refractivity contribution < 1.29 is 18.0 Å². The molecule has 122 valence electrons. The number of alkyl halides is 3. The SMILES string of the molecule is CC1(C(=O)NCCc2ccc(C(F)(F)F)cc2)CCCCC1. The zero-order chi connectivity index (χ0) is 16.2. The van der Waals surface area contributed by atoms with Gasteiger partial charge in [-0.25, -0.2) is 0 Å². The van der Waals surface area contributed by atoms with Crippen molar-refractivity contribution in [1.29, 1.82) is 0 Å². The largest absolute Gasteiger partial charge is 0.416 e. The third-order valence-corrected chi connectivity index (χ3v) is 4.49. The average molecular weight is 313 g/mol. The smallest absolute Gasteiger partial charge is 0.355 e. The summed E-state index contributed by atoms with van der Waals surface area (Å²) in [6.45, 7) is 2.46. The zero-order valence-corrected chi connectivity index (χ0v) is 12.8.